The highest BCUT2D eigenvalue weighted by Gasteiger charge is 2.39. The van der Waals surface area contributed by atoms with Crippen LogP contribution in [0.25, 0.3) is 5.57 Å². The SMILES string of the molecule is NC(=O)C(O)CC1CCc2sc3c(c2C1=C1CC1)C(OC1CCC(C=[N+]2CCCC2)CC1)=NCN3. The fraction of sp³-hybridized carbons (Fsp3) is 0.667. The second-order valence-corrected chi connectivity index (χ2v) is 12.0. The summed E-state index contributed by atoms with van der Waals surface area (Å²) in [4.78, 5) is 17.8. The summed E-state index contributed by atoms with van der Waals surface area (Å²) < 4.78 is 9.17. The van der Waals surface area contributed by atoms with Gasteiger partial charge in [0.05, 0.1) is 5.56 Å². The minimum Gasteiger partial charge on any atom is -0.474 e. The van der Waals surface area contributed by atoms with E-state index >= 15 is 0 Å². The van der Waals surface area contributed by atoms with Crippen LogP contribution in [0.1, 0.15) is 80.2 Å². The summed E-state index contributed by atoms with van der Waals surface area (Å²) in [6, 6.07) is 0. The summed E-state index contributed by atoms with van der Waals surface area (Å²) in [6.45, 7) is 3.00. The Morgan fingerprint density at radius 2 is 1.94 bits per heavy atom. The lowest BCUT2D eigenvalue weighted by atomic mass is 9.78. The molecule has 3 aliphatic carbocycles. The van der Waals surface area contributed by atoms with Crippen molar-refractivity contribution in [1.29, 1.82) is 0 Å². The molecule has 1 amide bonds. The van der Waals surface area contributed by atoms with E-state index in [1.807, 2.05) is 11.3 Å². The number of ether oxygens (including phenoxy) is 1. The van der Waals surface area contributed by atoms with Gasteiger partial charge >= 0.3 is 0 Å². The van der Waals surface area contributed by atoms with Crippen LogP contribution in [0, 0.1) is 11.8 Å². The topological polar surface area (TPSA) is 100.0 Å². The molecule has 35 heavy (non-hydrogen) atoms. The Hall–Kier alpha value is -2.19. The number of aliphatic imine (C=N–C) groups is 1. The highest BCUT2D eigenvalue weighted by atomic mass is 32.1. The Kier molecular flexibility index (Phi) is 6.43. The fourth-order valence-corrected chi connectivity index (χ4v) is 7.61. The zero-order valence-corrected chi connectivity index (χ0v) is 21.2. The van der Waals surface area contributed by atoms with Crippen LogP contribution in [0.15, 0.2) is 10.6 Å². The second kappa shape index (κ2) is 9.69. The van der Waals surface area contributed by atoms with E-state index in [2.05, 4.69) is 16.1 Å². The number of hydrogen-bond acceptors (Lipinski definition) is 6. The number of aliphatic hydroxyl groups excluding tert-OH is 1. The van der Waals surface area contributed by atoms with Crippen LogP contribution < -0.4 is 11.1 Å². The van der Waals surface area contributed by atoms with Crippen LogP contribution in [0.3, 0.4) is 0 Å². The third-order valence-electron chi connectivity index (χ3n) is 8.33. The molecule has 6 rings (SSSR count). The summed E-state index contributed by atoms with van der Waals surface area (Å²) in [5.74, 6) is 0.989. The zero-order valence-electron chi connectivity index (χ0n) is 20.4. The molecular weight excluding hydrogens is 460 g/mol. The molecular formula is C27H37N4O3S+. The number of nitrogens with two attached hydrogens (primary N) is 1. The number of nitrogens with one attached hydrogen (secondary N) is 1. The molecule has 0 aromatic carbocycles. The minimum absolute atomic E-state index is 0.154. The normalized spacial score (nSPS) is 28.5. The van der Waals surface area contributed by atoms with E-state index in [4.69, 9.17) is 15.5 Å². The number of amides is 1. The third kappa shape index (κ3) is 4.79. The first kappa shape index (κ1) is 23.2. The van der Waals surface area contributed by atoms with Gasteiger partial charge in [0, 0.05) is 29.2 Å². The minimum atomic E-state index is -1.10. The first-order valence-corrected chi connectivity index (χ1v) is 14.3. The Morgan fingerprint density at radius 1 is 1.17 bits per heavy atom. The largest absolute Gasteiger partial charge is 0.474 e. The molecule has 4 N–H and O–H groups in total. The van der Waals surface area contributed by atoms with Gasteiger partial charge in [-0.1, -0.05) is 5.57 Å². The third-order valence-corrected chi connectivity index (χ3v) is 9.54. The average Bonchev–Trinajstić information content (AvgIpc) is 3.42. The van der Waals surface area contributed by atoms with Crippen molar-refractivity contribution in [1.82, 2.24) is 0 Å². The van der Waals surface area contributed by atoms with Crippen molar-refractivity contribution in [2.45, 2.75) is 82.8 Å². The number of aliphatic hydroxyl groups is 1. The van der Waals surface area contributed by atoms with Crippen LogP contribution in [0.4, 0.5) is 5.00 Å². The monoisotopic (exact) mass is 497 g/mol. The van der Waals surface area contributed by atoms with Crippen molar-refractivity contribution in [2.75, 3.05) is 25.1 Å². The lowest BCUT2D eigenvalue weighted by Gasteiger charge is -2.30. The molecule has 5 aliphatic rings. The van der Waals surface area contributed by atoms with Crippen molar-refractivity contribution in [2.24, 2.45) is 22.6 Å². The molecule has 2 saturated carbocycles. The van der Waals surface area contributed by atoms with E-state index in [-0.39, 0.29) is 12.0 Å². The first-order valence-electron chi connectivity index (χ1n) is 13.5. The quantitative estimate of drug-likeness (QED) is 0.541. The van der Waals surface area contributed by atoms with E-state index in [0.29, 0.717) is 19.0 Å². The van der Waals surface area contributed by atoms with Gasteiger partial charge in [-0.05, 0) is 69.3 Å². The van der Waals surface area contributed by atoms with Crippen molar-refractivity contribution in [3.05, 3.63) is 21.6 Å². The Morgan fingerprint density at radius 3 is 2.66 bits per heavy atom. The van der Waals surface area contributed by atoms with E-state index in [9.17, 15) is 9.90 Å². The van der Waals surface area contributed by atoms with Gasteiger partial charge in [0.25, 0.3) is 0 Å². The smallest absolute Gasteiger partial charge is 0.246 e. The van der Waals surface area contributed by atoms with E-state index in [0.717, 1.165) is 55.0 Å². The number of fused-ring (bicyclic) bond motifs is 3. The van der Waals surface area contributed by atoms with Gasteiger partial charge in [-0.2, -0.15) is 0 Å². The number of carbonyl (C=O) groups is 1. The van der Waals surface area contributed by atoms with Crippen molar-refractivity contribution in [3.8, 4) is 0 Å². The predicted molar refractivity (Wildman–Crippen MR) is 139 cm³/mol. The molecule has 8 heteroatoms. The number of allylic oxidation sites excluding steroid dienone is 2. The number of hydrogen-bond donors (Lipinski definition) is 3. The first-order chi connectivity index (χ1) is 17.1. The van der Waals surface area contributed by atoms with Gasteiger partial charge in [0.15, 0.2) is 0 Å². The van der Waals surface area contributed by atoms with E-state index < -0.39 is 12.0 Å². The van der Waals surface area contributed by atoms with Gasteiger partial charge < -0.3 is 20.9 Å². The summed E-state index contributed by atoms with van der Waals surface area (Å²) in [6.07, 6.45) is 13.3. The summed E-state index contributed by atoms with van der Waals surface area (Å²) in [5, 5.41) is 14.9. The van der Waals surface area contributed by atoms with Crippen LogP contribution in [-0.2, 0) is 16.0 Å². The fourth-order valence-electron chi connectivity index (χ4n) is 6.40. The van der Waals surface area contributed by atoms with Crippen LogP contribution >= 0.6 is 11.3 Å². The molecule has 0 spiro atoms. The Labute approximate surface area is 211 Å². The molecule has 1 saturated heterocycles. The standard InChI is InChI=1S/C27H36N4O3S/c28-25(33)20(32)13-18-7-10-21-23(22(18)17-5-6-17)24-26(29-15-30-27(24)35-21)34-19-8-3-16(4-9-19)14-31-11-1-2-12-31/h14,16,18-20,32H,1-13,15H2,(H2-,28,29,30,33)/p+1. The van der Waals surface area contributed by atoms with E-state index in [1.165, 1.54) is 60.4 Å². The maximum Gasteiger partial charge on any atom is 0.246 e. The molecule has 7 nitrogen and oxygen atoms in total. The van der Waals surface area contributed by atoms with Crippen molar-refractivity contribution >= 4 is 39.9 Å². The summed E-state index contributed by atoms with van der Waals surface area (Å²) in [7, 11) is 0. The van der Waals surface area contributed by atoms with Gasteiger partial charge in [-0.25, -0.2) is 9.57 Å². The van der Waals surface area contributed by atoms with Gasteiger partial charge in [-0.3, -0.25) is 4.79 Å². The molecule has 0 radical (unpaired) electrons. The van der Waals surface area contributed by atoms with Gasteiger partial charge in [0.1, 0.15) is 43.2 Å². The second-order valence-electron chi connectivity index (χ2n) is 10.9. The van der Waals surface area contributed by atoms with Crippen molar-refractivity contribution < 1.29 is 19.2 Å². The highest BCUT2D eigenvalue weighted by molar-refractivity contribution is 7.17. The molecule has 0 bridgehead atoms. The van der Waals surface area contributed by atoms with E-state index in [1.54, 1.807) is 0 Å². The molecule has 1 aromatic heterocycles. The number of primary amides is 1. The summed E-state index contributed by atoms with van der Waals surface area (Å²) in [5.41, 5.74) is 10.6. The molecule has 2 atom stereocenters. The van der Waals surface area contributed by atoms with Gasteiger partial charge in [-0.15, -0.1) is 11.3 Å². The number of nitrogens with zero attached hydrogens (tertiary/aromatic N) is 2. The van der Waals surface area contributed by atoms with Crippen molar-refractivity contribution in [3.63, 3.8) is 0 Å². The van der Waals surface area contributed by atoms with Crippen LogP contribution in [0.5, 0.6) is 0 Å². The maximum atomic E-state index is 11.6. The predicted octanol–water partition coefficient (Wildman–Crippen LogP) is 3.68. The molecule has 188 valence electrons. The number of aryl methyl sites for hydroxylation is 1. The van der Waals surface area contributed by atoms with Crippen LogP contribution in [-0.4, -0.2) is 59.7 Å². The molecule has 2 aliphatic heterocycles. The van der Waals surface area contributed by atoms with Crippen LogP contribution in [0.2, 0.25) is 0 Å². The maximum absolute atomic E-state index is 11.6. The molecule has 3 heterocycles. The summed E-state index contributed by atoms with van der Waals surface area (Å²) >= 11 is 1.83. The number of thiophene rings is 1. The molecule has 3 fully saturated rings. The number of carbonyl (C=O) groups excluding carboxylic acids is 1. The molecule has 1 aromatic rings. The molecule has 2 unspecified atom stereocenters. The number of rotatable bonds is 5. The van der Waals surface area contributed by atoms with Gasteiger partial charge in [0.2, 0.25) is 11.8 Å². The average molecular weight is 498 g/mol. The lowest BCUT2D eigenvalue weighted by molar-refractivity contribution is -0.503. The number of anilines is 1. The highest BCUT2D eigenvalue weighted by Crippen LogP contribution is 2.52. The lowest BCUT2D eigenvalue weighted by Crippen LogP contribution is -2.32. The Bertz CT molecular complexity index is 1080. The zero-order chi connectivity index (χ0) is 23.9. The Balaban J connectivity index is 1.21.